The number of anilines is 1. The zero-order valence-electron chi connectivity index (χ0n) is 14.6. The third-order valence-corrected chi connectivity index (χ3v) is 3.89. The molecule has 0 unspecified atom stereocenters. The van der Waals surface area contributed by atoms with Crippen molar-refractivity contribution in [2.24, 2.45) is 0 Å². The lowest BCUT2D eigenvalue weighted by molar-refractivity contribution is -0.137. The van der Waals surface area contributed by atoms with Crippen molar-refractivity contribution in [3.05, 3.63) is 70.7 Å². The molecule has 3 aromatic rings. The molecular weight excluding hydrogens is 375 g/mol. The number of furan rings is 1. The summed E-state index contributed by atoms with van der Waals surface area (Å²) in [7, 11) is 0. The monoisotopic (exact) mass is 391 g/mol. The van der Waals surface area contributed by atoms with E-state index in [0.29, 0.717) is 17.9 Å². The van der Waals surface area contributed by atoms with E-state index in [2.05, 4.69) is 10.4 Å². The molecule has 146 valence electrons. The highest BCUT2D eigenvalue weighted by atomic mass is 19.4. The number of halogens is 3. The minimum atomic E-state index is -4.48. The Hall–Kier alpha value is -3.36. The Labute approximate surface area is 157 Å². The Bertz CT molecular complexity index is 1010. The molecular formula is C19H16F3N3O3. The highest BCUT2D eigenvalue weighted by Gasteiger charge is 2.30. The van der Waals surface area contributed by atoms with Crippen LogP contribution in [-0.4, -0.2) is 15.7 Å². The van der Waals surface area contributed by atoms with Gasteiger partial charge < -0.3 is 9.73 Å². The molecule has 2 aromatic heterocycles. The van der Waals surface area contributed by atoms with Crippen molar-refractivity contribution in [2.75, 3.05) is 5.32 Å². The van der Waals surface area contributed by atoms with Crippen molar-refractivity contribution in [2.45, 2.75) is 25.6 Å². The molecule has 9 heteroatoms. The summed E-state index contributed by atoms with van der Waals surface area (Å²) >= 11 is 0. The molecule has 1 amide bonds. The smallest absolute Gasteiger partial charge is 0.416 e. The van der Waals surface area contributed by atoms with Crippen LogP contribution in [0, 0.1) is 0 Å². The molecule has 0 saturated carbocycles. The zero-order valence-corrected chi connectivity index (χ0v) is 14.6. The van der Waals surface area contributed by atoms with Crippen molar-refractivity contribution in [1.82, 2.24) is 9.78 Å². The first-order chi connectivity index (χ1) is 13.3. The maximum absolute atomic E-state index is 12.7. The van der Waals surface area contributed by atoms with Crippen LogP contribution in [-0.2, 0) is 17.5 Å². The van der Waals surface area contributed by atoms with Crippen LogP contribution in [0.15, 0.2) is 64.0 Å². The Morgan fingerprint density at radius 2 is 1.96 bits per heavy atom. The molecule has 2 heterocycles. The molecule has 0 bridgehead atoms. The summed E-state index contributed by atoms with van der Waals surface area (Å²) in [5.74, 6) is 0.0607. The summed E-state index contributed by atoms with van der Waals surface area (Å²) in [6, 6.07) is 10.7. The van der Waals surface area contributed by atoms with Gasteiger partial charge in [0, 0.05) is 24.7 Å². The second-order valence-electron chi connectivity index (χ2n) is 5.99. The second-order valence-corrected chi connectivity index (χ2v) is 5.99. The van der Waals surface area contributed by atoms with Crippen molar-refractivity contribution in [3.8, 4) is 11.5 Å². The van der Waals surface area contributed by atoms with Gasteiger partial charge in [0.1, 0.15) is 5.69 Å². The van der Waals surface area contributed by atoms with E-state index in [0.717, 1.165) is 12.1 Å². The number of alkyl halides is 3. The Balaban J connectivity index is 1.58. The number of hydrogen-bond acceptors (Lipinski definition) is 4. The molecule has 3 rings (SSSR count). The molecule has 0 aliphatic carbocycles. The van der Waals surface area contributed by atoms with Crippen molar-refractivity contribution in [3.63, 3.8) is 0 Å². The number of rotatable bonds is 6. The van der Waals surface area contributed by atoms with Gasteiger partial charge in [0.2, 0.25) is 5.91 Å². The summed E-state index contributed by atoms with van der Waals surface area (Å²) in [5.41, 5.74) is -0.614. The van der Waals surface area contributed by atoms with E-state index in [1.165, 1.54) is 35.2 Å². The summed E-state index contributed by atoms with van der Waals surface area (Å²) in [5, 5.41) is 6.62. The van der Waals surface area contributed by atoms with Gasteiger partial charge in [0.25, 0.3) is 5.56 Å². The van der Waals surface area contributed by atoms with Crippen molar-refractivity contribution >= 4 is 11.6 Å². The molecule has 0 fully saturated rings. The summed E-state index contributed by atoms with van der Waals surface area (Å²) in [6.45, 7) is 0.184. The predicted octanol–water partition coefficient (Wildman–Crippen LogP) is 3.94. The lowest BCUT2D eigenvalue weighted by Gasteiger charge is -2.10. The lowest BCUT2D eigenvalue weighted by atomic mass is 10.2. The molecule has 0 spiro atoms. The van der Waals surface area contributed by atoms with Crippen molar-refractivity contribution in [1.29, 1.82) is 0 Å². The topological polar surface area (TPSA) is 77.1 Å². The van der Waals surface area contributed by atoms with Crippen LogP contribution in [0.3, 0.4) is 0 Å². The minimum absolute atomic E-state index is 0.0232. The van der Waals surface area contributed by atoms with Gasteiger partial charge in [-0.25, -0.2) is 4.68 Å². The van der Waals surface area contributed by atoms with Crippen LogP contribution in [0.5, 0.6) is 0 Å². The third kappa shape index (κ3) is 4.87. The largest absolute Gasteiger partial charge is 0.463 e. The number of nitrogens with zero attached hydrogens (tertiary/aromatic N) is 2. The van der Waals surface area contributed by atoms with E-state index in [4.69, 9.17) is 4.42 Å². The van der Waals surface area contributed by atoms with E-state index in [1.54, 1.807) is 12.1 Å². The standard InChI is InChI=1S/C19H16F3N3O3/c20-19(21,22)13-4-1-5-14(12-13)23-17(26)7-2-10-25-18(27)9-8-15(24-25)16-6-3-11-28-16/h1,3-6,8-9,11-12H,2,7,10H2,(H,23,26). The van der Waals surface area contributed by atoms with E-state index >= 15 is 0 Å². The van der Waals surface area contributed by atoms with Crippen LogP contribution in [0.4, 0.5) is 18.9 Å². The maximum atomic E-state index is 12.7. The number of amides is 1. The van der Waals surface area contributed by atoms with Crippen LogP contribution in [0.2, 0.25) is 0 Å². The molecule has 0 aliphatic rings. The lowest BCUT2D eigenvalue weighted by Crippen LogP contribution is -2.23. The molecule has 0 radical (unpaired) electrons. The average molecular weight is 391 g/mol. The van der Waals surface area contributed by atoms with E-state index in [1.807, 2.05) is 0 Å². The van der Waals surface area contributed by atoms with E-state index in [-0.39, 0.29) is 24.2 Å². The van der Waals surface area contributed by atoms with Crippen LogP contribution in [0.25, 0.3) is 11.5 Å². The first-order valence-corrected chi connectivity index (χ1v) is 8.42. The number of benzene rings is 1. The van der Waals surface area contributed by atoms with Gasteiger partial charge in [-0.2, -0.15) is 18.3 Å². The SMILES string of the molecule is O=C(CCCn1nc(-c2ccco2)ccc1=O)Nc1cccc(C(F)(F)F)c1. The normalized spacial score (nSPS) is 11.4. The zero-order chi connectivity index (χ0) is 20.1. The van der Waals surface area contributed by atoms with Gasteiger partial charge in [-0.05, 0) is 42.8 Å². The Morgan fingerprint density at radius 1 is 1.14 bits per heavy atom. The number of nitrogens with one attached hydrogen (secondary N) is 1. The Kier molecular flexibility index (Phi) is 5.62. The molecule has 0 saturated heterocycles. The fourth-order valence-electron chi connectivity index (χ4n) is 2.55. The Morgan fingerprint density at radius 3 is 2.68 bits per heavy atom. The fraction of sp³-hybridized carbons (Fsp3) is 0.211. The van der Waals surface area contributed by atoms with Crippen LogP contribution in [0.1, 0.15) is 18.4 Å². The minimum Gasteiger partial charge on any atom is -0.463 e. The number of aryl methyl sites for hydroxylation is 1. The molecule has 1 N–H and O–H groups in total. The first kappa shape index (κ1) is 19.4. The van der Waals surface area contributed by atoms with Gasteiger partial charge in [-0.3, -0.25) is 9.59 Å². The quantitative estimate of drug-likeness (QED) is 0.691. The van der Waals surface area contributed by atoms with Gasteiger partial charge >= 0.3 is 6.18 Å². The molecule has 0 aliphatic heterocycles. The summed E-state index contributed by atoms with van der Waals surface area (Å²) < 4.78 is 44.6. The van der Waals surface area contributed by atoms with Gasteiger partial charge in [-0.1, -0.05) is 6.07 Å². The number of hydrogen-bond donors (Lipinski definition) is 1. The fourth-order valence-corrected chi connectivity index (χ4v) is 2.55. The summed E-state index contributed by atoms with van der Waals surface area (Å²) in [4.78, 5) is 23.9. The van der Waals surface area contributed by atoms with E-state index < -0.39 is 17.6 Å². The van der Waals surface area contributed by atoms with Crippen LogP contribution < -0.4 is 10.9 Å². The molecule has 1 aromatic carbocycles. The van der Waals surface area contributed by atoms with Gasteiger partial charge in [0.05, 0.1) is 11.8 Å². The molecule has 0 atom stereocenters. The maximum Gasteiger partial charge on any atom is 0.416 e. The number of carbonyl (C=O) groups excluding carboxylic acids is 1. The van der Waals surface area contributed by atoms with Gasteiger partial charge in [-0.15, -0.1) is 0 Å². The summed E-state index contributed by atoms with van der Waals surface area (Å²) in [6.07, 6.45) is -2.67. The molecule has 28 heavy (non-hydrogen) atoms. The van der Waals surface area contributed by atoms with Crippen molar-refractivity contribution < 1.29 is 22.4 Å². The second kappa shape index (κ2) is 8.12. The van der Waals surface area contributed by atoms with E-state index in [9.17, 15) is 22.8 Å². The number of aromatic nitrogens is 2. The third-order valence-electron chi connectivity index (χ3n) is 3.89. The highest BCUT2D eigenvalue weighted by Crippen LogP contribution is 2.30. The van der Waals surface area contributed by atoms with Crippen LogP contribution >= 0.6 is 0 Å². The van der Waals surface area contributed by atoms with Gasteiger partial charge in [0.15, 0.2) is 5.76 Å². The highest BCUT2D eigenvalue weighted by molar-refractivity contribution is 5.90. The predicted molar refractivity (Wildman–Crippen MR) is 95.5 cm³/mol. The average Bonchev–Trinajstić information content (AvgIpc) is 3.17. The number of carbonyl (C=O) groups is 1. The molecule has 6 nitrogen and oxygen atoms in total. The first-order valence-electron chi connectivity index (χ1n) is 8.42.